The zero-order valence-electron chi connectivity index (χ0n) is 10.1. The fourth-order valence-corrected chi connectivity index (χ4v) is 1.59. The second kappa shape index (κ2) is 6.48. The predicted octanol–water partition coefficient (Wildman–Crippen LogP) is 0.722. The highest BCUT2D eigenvalue weighted by Crippen LogP contribution is 2.18. The van der Waals surface area contributed by atoms with Gasteiger partial charge in [0.2, 0.25) is 0 Å². The van der Waals surface area contributed by atoms with Crippen molar-refractivity contribution >= 4 is 5.84 Å². The minimum absolute atomic E-state index is 0.00285. The van der Waals surface area contributed by atoms with Crippen molar-refractivity contribution in [2.45, 2.75) is 12.7 Å². The molecule has 0 spiro atoms. The largest absolute Gasteiger partial charge is 0.401 e. The maximum Gasteiger partial charge on any atom is 0.401 e. The van der Waals surface area contributed by atoms with Crippen LogP contribution in [0.3, 0.4) is 0 Å². The van der Waals surface area contributed by atoms with E-state index in [0.717, 1.165) is 4.90 Å². The highest BCUT2D eigenvalue weighted by Gasteiger charge is 2.30. The van der Waals surface area contributed by atoms with Gasteiger partial charge in [-0.1, -0.05) is 0 Å². The number of nitrogens with zero attached hydrogens (tertiary/aromatic N) is 2. The molecule has 0 aliphatic rings. The van der Waals surface area contributed by atoms with E-state index in [4.69, 9.17) is 16.2 Å². The van der Waals surface area contributed by atoms with Gasteiger partial charge in [-0.3, -0.25) is 15.3 Å². The van der Waals surface area contributed by atoms with E-state index in [9.17, 15) is 13.2 Å². The summed E-state index contributed by atoms with van der Waals surface area (Å²) in [5, 5.41) is 16.0. The van der Waals surface area contributed by atoms with Crippen LogP contribution in [0, 0.1) is 5.41 Å². The van der Waals surface area contributed by atoms with Gasteiger partial charge in [0.1, 0.15) is 11.5 Å². The van der Waals surface area contributed by atoms with Crippen molar-refractivity contribution < 1.29 is 18.3 Å². The summed E-state index contributed by atoms with van der Waals surface area (Å²) >= 11 is 0. The molecule has 8 heteroatoms. The van der Waals surface area contributed by atoms with Crippen LogP contribution in [0.4, 0.5) is 13.2 Å². The van der Waals surface area contributed by atoms with Gasteiger partial charge in [-0.25, -0.2) is 0 Å². The molecule has 1 rings (SSSR count). The van der Waals surface area contributed by atoms with Crippen LogP contribution in [0.2, 0.25) is 0 Å². The van der Waals surface area contributed by atoms with Crippen LogP contribution in [-0.4, -0.2) is 46.7 Å². The van der Waals surface area contributed by atoms with Crippen LogP contribution in [-0.2, 0) is 6.54 Å². The van der Waals surface area contributed by atoms with Crippen LogP contribution in [0.15, 0.2) is 18.3 Å². The maximum absolute atomic E-state index is 12.3. The van der Waals surface area contributed by atoms with Crippen molar-refractivity contribution in [2.75, 3.05) is 19.7 Å². The molecule has 0 saturated carbocycles. The lowest BCUT2D eigenvalue weighted by Crippen LogP contribution is -2.35. The molecular weight excluding hydrogens is 261 g/mol. The molecule has 1 aromatic rings. The van der Waals surface area contributed by atoms with Gasteiger partial charge in [-0.05, 0) is 17.7 Å². The number of pyridine rings is 1. The standard InChI is InChI=1S/C11H15F3N4O/c12-11(13,14)7-18(3-4-19)6-8-1-2-17-9(5-8)10(15)16/h1-2,5,19H,3-4,6-7H2,(H3,15,16). The molecule has 0 atom stereocenters. The summed E-state index contributed by atoms with van der Waals surface area (Å²) in [7, 11) is 0. The van der Waals surface area contributed by atoms with Gasteiger partial charge < -0.3 is 10.8 Å². The Morgan fingerprint density at radius 2 is 2.16 bits per heavy atom. The minimum Gasteiger partial charge on any atom is -0.395 e. The summed E-state index contributed by atoms with van der Waals surface area (Å²) in [5.41, 5.74) is 6.03. The SMILES string of the molecule is N=C(N)c1cc(CN(CCO)CC(F)(F)F)ccn1. The van der Waals surface area contributed by atoms with E-state index in [0.29, 0.717) is 5.56 Å². The Kier molecular flexibility index (Phi) is 5.25. The van der Waals surface area contributed by atoms with Crippen LogP contribution >= 0.6 is 0 Å². The molecule has 0 radical (unpaired) electrons. The van der Waals surface area contributed by atoms with E-state index in [-0.39, 0.29) is 31.2 Å². The highest BCUT2D eigenvalue weighted by atomic mass is 19.4. The van der Waals surface area contributed by atoms with Crippen LogP contribution in [0.5, 0.6) is 0 Å². The Balaban J connectivity index is 2.78. The molecule has 4 N–H and O–H groups in total. The molecule has 0 fully saturated rings. The number of aliphatic hydroxyl groups excluding tert-OH is 1. The second-order valence-corrected chi connectivity index (χ2v) is 4.01. The van der Waals surface area contributed by atoms with Crippen LogP contribution in [0.25, 0.3) is 0 Å². The first-order valence-electron chi connectivity index (χ1n) is 5.51. The fraction of sp³-hybridized carbons (Fsp3) is 0.455. The number of aliphatic hydroxyl groups is 1. The van der Waals surface area contributed by atoms with Gasteiger partial charge in [-0.15, -0.1) is 0 Å². The normalized spacial score (nSPS) is 11.8. The predicted molar refractivity (Wildman–Crippen MR) is 63.7 cm³/mol. The first-order valence-corrected chi connectivity index (χ1v) is 5.51. The number of hydrogen-bond acceptors (Lipinski definition) is 4. The van der Waals surface area contributed by atoms with Gasteiger partial charge >= 0.3 is 6.18 Å². The summed E-state index contributed by atoms with van der Waals surface area (Å²) in [4.78, 5) is 4.90. The van der Waals surface area contributed by atoms with Gasteiger partial charge in [-0.2, -0.15) is 13.2 Å². The third kappa shape index (κ3) is 5.66. The fourth-order valence-electron chi connectivity index (χ4n) is 1.59. The van der Waals surface area contributed by atoms with Crippen LogP contribution < -0.4 is 5.73 Å². The van der Waals surface area contributed by atoms with E-state index in [2.05, 4.69) is 4.98 Å². The molecule has 19 heavy (non-hydrogen) atoms. The van der Waals surface area contributed by atoms with E-state index in [1.54, 1.807) is 6.07 Å². The molecule has 1 aromatic heterocycles. The summed E-state index contributed by atoms with van der Waals surface area (Å²) in [6, 6.07) is 3.01. The van der Waals surface area contributed by atoms with Gasteiger partial charge in [0, 0.05) is 19.3 Å². The van der Waals surface area contributed by atoms with Crippen molar-refractivity contribution in [2.24, 2.45) is 5.73 Å². The zero-order valence-corrected chi connectivity index (χ0v) is 10.1. The summed E-state index contributed by atoms with van der Waals surface area (Å²) in [6.07, 6.45) is -2.94. The topological polar surface area (TPSA) is 86.2 Å². The van der Waals surface area contributed by atoms with E-state index in [1.807, 2.05) is 0 Å². The van der Waals surface area contributed by atoms with Gasteiger partial charge in [0.15, 0.2) is 0 Å². The van der Waals surface area contributed by atoms with Crippen molar-refractivity contribution in [3.05, 3.63) is 29.6 Å². The number of halogens is 3. The average molecular weight is 276 g/mol. The Bertz CT molecular complexity index is 436. The monoisotopic (exact) mass is 276 g/mol. The summed E-state index contributed by atoms with van der Waals surface area (Å²) in [5.74, 6) is -0.244. The molecule has 0 amide bonds. The average Bonchev–Trinajstić information content (AvgIpc) is 2.27. The van der Waals surface area contributed by atoms with Gasteiger partial charge in [0.05, 0.1) is 13.2 Å². The molecule has 106 valence electrons. The number of amidine groups is 1. The van der Waals surface area contributed by atoms with Crippen LogP contribution in [0.1, 0.15) is 11.3 Å². The zero-order chi connectivity index (χ0) is 14.5. The molecule has 0 bridgehead atoms. The molecule has 0 aliphatic heterocycles. The lowest BCUT2D eigenvalue weighted by Gasteiger charge is -2.22. The van der Waals surface area contributed by atoms with E-state index >= 15 is 0 Å². The lowest BCUT2D eigenvalue weighted by atomic mass is 10.2. The van der Waals surface area contributed by atoms with Crippen molar-refractivity contribution in [3.63, 3.8) is 0 Å². The highest BCUT2D eigenvalue weighted by molar-refractivity contribution is 5.93. The van der Waals surface area contributed by atoms with Crippen molar-refractivity contribution in [1.29, 1.82) is 5.41 Å². The van der Waals surface area contributed by atoms with Crippen molar-refractivity contribution in [3.8, 4) is 0 Å². The first kappa shape index (κ1) is 15.4. The number of hydrogen-bond donors (Lipinski definition) is 3. The molecule has 1 heterocycles. The number of rotatable bonds is 6. The molecule has 0 aliphatic carbocycles. The molecule has 0 unspecified atom stereocenters. The molecule has 5 nitrogen and oxygen atoms in total. The van der Waals surface area contributed by atoms with E-state index in [1.165, 1.54) is 12.3 Å². The molecule has 0 saturated heterocycles. The first-order chi connectivity index (χ1) is 8.81. The Morgan fingerprint density at radius 3 is 2.68 bits per heavy atom. The Morgan fingerprint density at radius 1 is 1.47 bits per heavy atom. The third-order valence-electron chi connectivity index (χ3n) is 2.33. The quantitative estimate of drug-likeness (QED) is 0.528. The maximum atomic E-state index is 12.3. The van der Waals surface area contributed by atoms with Gasteiger partial charge in [0.25, 0.3) is 0 Å². The second-order valence-electron chi connectivity index (χ2n) is 4.01. The molecular formula is C11H15F3N4O. The number of alkyl halides is 3. The summed E-state index contributed by atoms with van der Waals surface area (Å²) in [6.45, 7) is -1.55. The number of nitrogen functional groups attached to an aromatic ring is 1. The number of nitrogens with one attached hydrogen (secondary N) is 1. The Hall–Kier alpha value is -1.67. The molecule has 0 aromatic carbocycles. The number of nitrogens with two attached hydrogens (primary N) is 1. The Labute approximate surface area is 108 Å². The van der Waals surface area contributed by atoms with E-state index < -0.39 is 12.7 Å². The third-order valence-corrected chi connectivity index (χ3v) is 2.33. The minimum atomic E-state index is -4.33. The lowest BCUT2D eigenvalue weighted by molar-refractivity contribution is -0.147. The number of aromatic nitrogens is 1. The smallest absolute Gasteiger partial charge is 0.395 e. The summed E-state index contributed by atoms with van der Waals surface area (Å²) < 4.78 is 37.0. The van der Waals surface area contributed by atoms with Crippen molar-refractivity contribution in [1.82, 2.24) is 9.88 Å².